The van der Waals surface area contributed by atoms with Gasteiger partial charge in [0.1, 0.15) is 0 Å². The number of benzene rings is 3. The van der Waals surface area contributed by atoms with Crippen LogP contribution in [0, 0.1) is 0 Å². The van der Waals surface area contributed by atoms with Crippen molar-refractivity contribution in [3.63, 3.8) is 0 Å². The number of imidazole rings is 1. The van der Waals surface area contributed by atoms with Crippen molar-refractivity contribution in [2.45, 2.75) is 19.3 Å². The number of alkyl halides is 3. The first-order valence-electron chi connectivity index (χ1n) is 12.2. The lowest BCUT2D eigenvalue weighted by molar-refractivity contribution is -0.137. The Balaban J connectivity index is 1.35. The topological polar surface area (TPSA) is 80.5 Å². The van der Waals surface area contributed by atoms with Crippen molar-refractivity contribution in [3.05, 3.63) is 114 Å². The predicted octanol–water partition coefficient (Wildman–Crippen LogP) is 6.80. The Morgan fingerprint density at radius 1 is 0.795 bits per heavy atom. The van der Waals surface area contributed by atoms with Crippen molar-refractivity contribution >= 4 is 39.5 Å². The van der Waals surface area contributed by atoms with Crippen LogP contribution in [0.25, 0.3) is 22.1 Å². The van der Waals surface area contributed by atoms with Crippen LogP contribution in [-0.2, 0) is 19.3 Å². The lowest BCUT2D eigenvalue weighted by Crippen LogP contribution is -2.08. The molecule has 0 spiro atoms. The molecule has 0 aliphatic heterocycles. The molecular formula is C29H22F3N7. The van der Waals surface area contributed by atoms with E-state index in [9.17, 15) is 13.2 Å². The molecule has 0 atom stereocenters. The molecule has 10 heteroatoms. The Morgan fingerprint density at radius 3 is 2.41 bits per heavy atom. The van der Waals surface area contributed by atoms with E-state index in [1.165, 1.54) is 12.1 Å². The van der Waals surface area contributed by atoms with Gasteiger partial charge in [-0.3, -0.25) is 4.98 Å². The van der Waals surface area contributed by atoms with Gasteiger partial charge >= 0.3 is 6.18 Å². The molecule has 0 unspecified atom stereocenters. The van der Waals surface area contributed by atoms with Gasteiger partial charge in [0, 0.05) is 23.8 Å². The van der Waals surface area contributed by atoms with Gasteiger partial charge in [-0.25, -0.2) is 4.98 Å². The van der Waals surface area contributed by atoms with E-state index in [4.69, 9.17) is 9.97 Å². The number of nitrogens with zero attached hydrogens (tertiary/aromatic N) is 5. The van der Waals surface area contributed by atoms with Crippen molar-refractivity contribution in [1.29, 1.82) is 0 Å². The molecule has 39 heavy (non-hydrogen) atoms. The molecular weight excluding hydrogens is 503 g/mol. The van der Waals surface area contributed by atoms with Gasteiger partial charge < -0.3 is 15.2 Å². The van der Waals surface area contributed by atoms with Crippen LogP contribution in [0.15, 0.2) is 97.5 Å². The molecule has 0 radical (unpaired) electrons. The number of fused-ring (bicyclic) bond motifs is 2. The van der Waals surface area contributed by atoms with E-state index in [-0.39, 0.29) is 0 Å². The van der Waals surface area contributed by atoms with Crippen LogP contribution in [0.1, 0.15) is 16.7 Å². The second-order valence-corrected chi connectivity index (χ2v) is 9.01. The SMILES string of the molecule is FC(F)(F)c1ccc(Cn2cnc3c(NCc4ccccc4)nc(Nc4ccc5ncccc5c4)nc32)cc1. The maximum Gasteiger partial charge on any atom is 0.416 e. The van der Waals surface area contributed by atoms with Crippen molar-refractivity contribution in [2.75, 3.05) is 10.6 Å². The van der Waals surface area contributed by atoms with Crippen LogP contribution < -0.4 is 10.6 Å². The summed E-state index contributed by atoms with van der Waals surface area (Å²) in [6.07, 6.45) is -1.02. The number of hydrogen-bond acceptors (Lipinski definition) is 6. The first-order valence-corrected chi connectivity index (χ1v) is 12.2. The molecule has 3 heterocycles. The Hall–Kier alpha value is -4.99. The molecule has 0 saturated carbocycles. The van der Waals surface area contributed by atoms with Gasteiger partial charge in [-0.2, -0.15) is 23.1 Å². The zero-order valence-electron chi connectivity index (χ0n) is 20.5. The molecule has 0 fully saturated rings. The summed E-state index contributed by atoms with van der Waals surface area (Å²) >= 11 is 0. The number of anilines is 3. The number of hydrogen-bond donors (Lipinski definition) is 2. The normalized spacial score (nSPS) is 11.7. The molecule has 3 aromatic heterocycles. The van der Waals surface area contributed by atoms with Crippen molar-refractivity contribution in [1.82, 2.24) is 24.5 Å². The van der Waals surface area contributed by atoms with Crippen LogP contribution in [0.4, 0.5) is 30.6 Å². The molecule has 0 aliphatic rings. The first-order chi connectivity index (χ1) is 18.9. The van der Waals surface area contributed by atoms with Crippen LogP contribution >= 0.6 is 0 Å². The summed E-state index contributed by atoms with van der Waals surface area (Å²) in [6, 6.07) is 24.6. The van der Waals surface area contributed by atoms with Crippen LogP contribution in [0.2, 0.25) is 0 Å². The van der Waals surface area contributed by atoms with Crippen LogP contribution in [-0.4, -0.2) is 24.5 Å². The number of rotatable bonds is 7. The van der Waals surface area contributed by atoms with Gasteiger partial charge in [0.2, 0.25) is 5.95 Å². The second kappa shape index (κ2) is 10.1. The largest absolute Gasteiger partial charge is 0.416 e. The summed E-state index contributed by atoms with van der Waals surface area (Å²) in [4.78, 5) is 18.3. The Bertz CT molecular complexity index is 1750. The number of nitrogens with one attached hydrogen (secondary N) is 2. The van der Waals surface area contributed by atoms with E-state index < -0.39 is 11.7 Å². The first kappa shape index (κ1) is 24.4. The van der Waals surface area contributed by atoms with Crippen LogP contribution in [0.3, 0.4) is 0 Å². The number of aromatic nitrogens is 5. The third-order valence-electron chi connectivity index (χ3n) is 6.26. The molecule has 0 aliphatic carbocycles. The van der Waals surface area contributed by atoms with E-state index >= 15 is 0 Å². The third kappa shape index (κ3) is 5.35. The summed E-state index contributed by atoms with van der Waals surface area (Å²) in [5.74, 6) is 0.899. The van der Waals surface area contributed by atoms with Gasteiger partial charge in [0.05, 0.1) is 24.0 Å². The highest BCUT2D eigenvalue weighted by molar-refractivity contribution is 5.86. The average Bonchev–Trinajstić information content (AvgIpc) is 3.34. The molecule has 6 aromatic rings. The summed E-state index contributed by atoms with van der Waals surface area (Å²) in [5, 5.41) is 7.61. The third-order valence-corrected chi connectivity index (χ3v) is 6.26. The lowest BCUT2D eigenvalue weighted by Gasteiger charge is -2.12. The van der Waals surface area contributed by atoms with Gasteiger partial charge in [-0.1, -0.05) is 48.5 Å². The molecule has 2 N–H and O–H groups in total. The fraction of sp³-hybridized carbons (Fsp3) is 0.103. The molecule has 3 aromatic carbocycles. The van der Waals surface area contributed by atoms with Crippen molar-refractivity contribution < 1.29 is 13.2 Å². The minimum atomic E-state index is -4.38. The summed E-state index contributed by atoms with van der Waals surface area (Å²) < 4.78 is 40.8. The summed E-state index contributed by atoms with van der Waals surface area (Å²) in [5.41, 5.74) is 3.85. The van der Waals surface area contributed by atoms with Gasteiger partial charge in [0.15, 0.2) is 17.0 Å². The highest BCUT2D eigenvalue weighted by Crippen LogP contribution is 2.30. The number of pyridine rings is 1. The number of halogens is 3. The highest BCUT2D eigenvalue weighted by atomic mass is 19.4. The van der Waals surface area contributed by atoms with E-state index in [2.05, 4.69) is 20.6 Å². The van der Waals surface area contributed by atoms with Crippen molar-refractivity contribution in [3.8, 4) is 0 Å². The van der Waals surface area contributed by atoms with Crippen LogP contribution in [0.5, 0.6) is 0 Å². The fourth-order valence-corrected chi connectivity index (χ4v) is 4.30. The van der Waals surface area contributed by atoms with E-state index in [0.717, 1.165) is 34.3 Å². The molecule has 7 nitrogen and oxygen atoms in total. The molecule has 6 rings (SSSR count). The maximum absolute atomic E-state index is 13.0. The second-order valence-electron chi connectivity index (χ2n) is 9.01. The smallest absolute Gasteiger partial charge is 0.364 e. The van der Waals surface area contributed by atoms with Gasteiger partial charge in [-0.05, 0) is 47.5 Å². The summed E-state index contributed by atoms with van der Waals surface area (Å²) in [7, 11) is 0. The Kier molecular flexibility index (Phi) is 6.28. The highest BCUT2D eigenvalue weighted by Gasteiger charge is 2.30. The zero-order valence-corrected chi connectivity index (χ0v) is 20.5. The standard InChI is InChI=1S/C29H22F3N7/c30-29(31,32)22-10-8-20(9-11-22)17-39-18-35-25-26(34-16-19-5-2-1-3-6-19)37-28(38-27(25)39)36-23-12-13-24-21(15-23)7-4-14-33-24/h1-15,18H,16-17H2,(H2,34,36,37,38). The summed E-state index contributed by atoms with van der Waals surface area (Å²) in [6.45, 7) is 0.824. The minimum absolute atomic E-state index is 0.296. The fourth-order valence-electron chi connectivity index (χ4n) is 4.30. The quantitative estimate of drug-likeness (QED) is 0.239. The van der Waals surface area contributed by atoms with E-state index in [1.54, 1.807) is 17.1 Å². The maximum atomic E-state index is 13.0. The van der Waals surface area contributed by atoms with E-state index in [1.807, 2.05) is 60.7 Å². The van der Waals surface area contributed by atoms with Gasteiger partial charge in [-0.15, -0.1) is 0 Å². The Labute approximate surface area is 221 Å². The zero-order chi connectivity index (χ0) is 26.8. The average molecular weight is 526 g/mol. The lowest BCUT2D eigenvalue weighted by atomic mass is 10.1. The molecule has 0 saturated heterocycles. The molecule has 194 valence electrons. The van der Waals surface area contributed by atoms with Gasteiger partial charge in [0.25, 0.3) is 0 Å². The molecule has 0 amide bonds. The molecule has 0 bridgehead atoms. The van der Waals surface area contributed by atoms with E-state index in [0.29, 0.717) is 41.6 Å². The monoisotopic (exact) mass is 525 g/mol. The van der Waals surface area contributed by atoms with Crippen molar-refractivity contribution in [2.24, 2.45) is 0 Å². The Morgan fingerprint density at radius 2 is 1.62 bits per heavy atom. The predicted molar refractivity (Wildman–Crippen MR) is 145 cm³/mol. The minimum Gasteiger partial charge on any atom is -0.364 e.